The number of nitrogens with one attached hydrogen (secondary N) is 1. The van der Waals surface area contributed by atoms with Crippen LogP contribution in [0, 0.1) is 17.6 Å². The van der Waals surface area contributed by atoms with Crippen LogP contribution >= 0.6 is 0 Å². The smallest absolute Gasteiger partial charge is 0.308 e. The number of hydrogen-bond acceptors (Lipinski definition) is 3. The summed E-state index contributed by atoms with van der Waals surface area (Å²) in [6, 6.07) is 3.75. The molecule has 106 valence electrons. The Bertz CT molecular complexity index is 435. The molecule has 0 aliphatic rings. The van der Waals surface area contributed by atoms with E-state index in [-0.39, 0.29) is 18.0 Å². The molecule has 1 aromatic carbocycles. The average Bonchev–Trinajstić information content (AvgIpc) is 2.33. The van der Waals surface area contributed by atoms with Crippen molar-refractivity contribution in [2.24, 2.45) is 5.92 Å². The highest BCUT2D eigenvalue weighted by Gasteiger charge is 2.12. The molecule has 0 aliphatic carbocycles. The Morgan fingerprint density at radius 1 is 1.26 bits per heavy atom. The maximum atomic E-state index is 13.0. The number of ether oxygens (including phenoxy) is 1. The minimum absolute atomic E-state index is 0.159. The van der Waals surface area contributed by atoms with E-state index in [0.29, 0.717) is 18.7 Å². The van der Waals surface area contributed by atoms with E-state index in [1.165, 1.54) is 6.07 Å². The third-order valence-corrected chi connectivity index (χ3v) is 2.53. The van der Waals surface area contributed by atoms with Crippen LogP contribution in [0.3, 0.4) is 0 Å². The van der Waals surface area contributed by atoms with Crippen molar-refractivity contribution >= 4 is 5.97 Å². The van der Waals surface area contributed by atoms with Gasteiger partial charge in [-0.1, -0.05) is 19.9 Å². The van der Waals surface area contributed by atoms with Gasteiger partial charge in [0.2, 0.25) is 0 Å². The van der Waals surface area contributed by atoms with Crippen LogP contribution in [0.4, 0.5) is 8.78 Å². The molecule has 5 heteroatoms. The summed E-state index contributed by atoms with van der Waals surface area (Å²) in [5.41, 5.74) is 0.640. The number of halogens is 2. The van der Waals surface area contributed by atoms with Gasteiger partial charge >= 0.3 is 5.97 Å². The summed E-state index contributed by atoms with van der Waals surface area (Å²) in [7, 11) is 0. The topological polar surface area (TPSA) is 38.3 Å². The molecular weight excluding hydrogens is 252 g/mol. The summed E-state index contributed by atoms with van der Waals surface area (Å²) in [4.78, 5) is 11.3. The van der Waals surface area contributed by atoms with Gasteiger partial charge in [-0.25, -0.2) is 8.78 Å². The third-order valence-electron chi connectivity index (χ3n) is 2.53. The monoisotopic (exact) mass is 271 g/mol. The molecular formula is C14H19F2NO2. The van der Waals surface area contributed by atoms with Crippen molar-refractivity contribution in [2.45, 2.75) is 33.4 Å². The summed E-state index contributed by atoms with van der Waals surface area (Å²) < 4.78 is 30.8. The van der Waals surface area contributed by atoms with Gasteiger partial charge in [0.05, 0.1) is 5.92 Å². The second kappa shape index (κ2) is 7.19. The zero-order valence-electron chi connectivity index (χ0n) is 11.4. The minimum atomic E-state index is -0.862. The van der Waals surface area contributed by atoms with Gasteiger partial charge in [0.25, 0.3) is 0 Å². The molecule has 0 bridgehead atoms. The predicted octanol–water partition coefficient (Wildman–Crippen LogP) is 2.64. The molecule has 3 nitrogen and oxygen atoms in total. The molecule has 19 heavy (non-hydrogen) atoms. The lowest BCUT2D eigenvalue weighted by Gasteiger charge is -2.15. The molecule has 0 aliphatic heterocycles. The fraction of sp³-hybridized carbons (Fsp3) is 0.500. The standard InChI is InChI=1S/C14H19F2NO2/c1-9(2)14(18)19-10(3)7-17-8-11-4-5-12(15)13(16)6-11/h4-6,9-10,17H,7-8H2,1-3H3. The highest BCUT2D eigenvalue weighted by molar-refractivity contribution is 5.71. The Morgan fingerprint density at radius 2 is 1.95 bits per heavy atom. The molecule has 0 saturated heterocycles. The lowest BCUT2D eigenvalue weighted by atomic mass is 10.2. The highest BCUT2D eigenvalue weighted by atomic mass is 19.2. The maximum absolute atomic E-state index is 13.0. The molecule has 0 heterocycles. The van der Waals surface area contributed by atoms with E-state index in [1.807, 2.05) is 0 Å². The van der Waals surface area contributed by atoms with E-state index < -0.39 is 11.6 Å². The molecule has 0 amide bonds. The van der Waals surface area contributed by atoms with E-state index >= 15 is 0 Å². The van der Waals surface area contributed by atoms with Crippen LogP contribution in [0.15, 0.2) is 18.2 Å². The zero-order valence-corrected chi connectivity index (χ0v) is 11.4. The number of esters is 1. The maximum Gasteiger partial charge on any atom is 0.308 e. The fourth-order valence-electron chi connectivity index (χ4n) is 1.45. The molecule has 1 unspecified atom stereocenters. The van der Waals surface area contributed by atoms with Gasteiger partial charge in [-0.2, -0.15) is 0 Å². The van der Waals surface area contributed by atoms with Crippen molar-refractivity contribution in [3.05, 3.63) is 35.4 Å². The third kappa shape index (κ3) is 5.34. The first-order chi connectivity index (χ1) is 8.90. The van der Waals surface area contributed by atoms with Crippen molar-refractivity contribution < 1.29 is 18.3 Å². The molecule has 0 radical (unpaired) electrons. The largest absolute Gasteiger partial charge is 0.461 e. The van der Waals surface area contributed by atoms with Crippen LogP contribution in [0.5, 0.6) is 0 Å². The normalized spacial score (nSPS) is 12.5. The van der Waals surface area contributed by atoms with Gasteiger partial charge < -0.3 is 10.1 Å². The minimum Gasteiger partial charge on any atom is -0.461 e. The number of hydrogen-bond donors (Lipinski definition) is 1. The van der Waals surface area contributed by atoms with Crippen LogP contribution in [0.1, 0.15) is 26.3 Å². The van der Waals surface area contributed by atoms with Gasteiger partial charge in [0.15, 0.2) is 11.6 Å². The second-order valence-corrected chi connectivity index (χ2v) is 4.78. The average molecular weight is 271 g/mol. The predicted molar refractivity (Wildman–Crippen MR) is 68.5 cm³/mol. The Morgan fingerprint density at radius 3 is 2.53 bits per heavy atom. The molecule has 1 N–H and O–H groups in total. The van der Waals surface area contributed by atoms with Gasteiger partial charge in [0, 0.05) is 13.1 Å². The van der Waals surface area contributed by atoms with Crippen LogP contribution in [-0.4, -0.2) is 18.6 Å². The van der Waals surface area contributed by atoms with Crippen LogP contribution in [0.2, 0.25) is 0 Å². The van der Waals surface area contributed by atoms with Gasteiger partial charge in [0.1, 0.15) is 6.10 Å². The van der Waals surface area contributed by atoms with Crippen LogP contribution in [-0.2, 0) is 16.1 Å². The number of carbonyl (C=O) groups is 1. The van der Waals surface area contributed by atoms with E-state index in [4.69, 9.17) is 4.74 Å². The Kier molecular flexibility index (Phi) is 5.89. The van der Waals surface area contributed by atoms with Crippen molar-refractivity contribution in [3.63, 3.8) is 0 Å². The van der Waals surface area contributed by atoms with E-state index in [0.717, 1.165) is 12.1 Å². The summed E-state index contributed by atoms with van der Waals surface area (Å²) in [5, 5.41) is 3.03. The van der Waals surface area contributed by atoms with Crippen molar-refractivity contribution in [2.75, 3.05) is 6.54 Å². The quantitative estimate of drug-likeness (QED) is 0.808. The van der Waals surface area contributed by atoms with Crippen LogP contribution in [0.25, 0.3) is 0 Å². The first kappa shape index (κ1) is 15.6. The van der Waals surface area contributed by atoms with E-state index in [1.54, 1.807) is 20.8 Å². The second-order valence-electron chi connectivity index (χ2n) is 4.78. The van der Waals surface area contributed by atoms with Crippen molar-refractivity contribution in [1.82, 2.24) is 5.32 Å². The number of benzene rings is 1. The van der Waals surface area contributed by atoms with E-state index in [9.17, 15) is 13.6 Å². The lowest BCUT2D eigenvalue weighted by Crippen LogP contribution is -2.29. The SMILES string of the molecule is CC(CNCc1ccc(F)c(F)c1)OC(=O)C(C)C. The lowest BCUT2D eigenvalue weighted by molar-refractivity contribution is -0.151. The molecule has 1 atom stereocenters. The summed E-state index contributed by atoms with van der Waals surface area (Å²) in [5.74, 6) is -2.13. The molecule has 1 aromatic rings. The Balaban J connectivity index is 2.33. The summed E-state index contributed by atoms with van der Waals surface area (Å²) in [6.45, 7) is 6.16. The number of rotatable bonds is 6. The Hall–Kier alpha value is -1.49. The summed E-state index contributed by atoms with van der Waals surface area (Å²) >= 11 is 0. The van der Waals surface area contributed by atoms with E-state index in [2.05, 4.69) is 5.32 Å². The van der Waals surface area contributed by atoms with Gasteiger partial charge in [-0.3, -0.25) is 4.79 Å². The molecule has 0 spiro atoms. The molecule has 0 aromatic heterocycles. The molecule has 0 fully saturated rings. The first-order valence-electron chi connectivity index (χ1n) is 6.25. The fourth-order valence-corrected chi connectivity index (χ4v) is 1.45. The molecule has 1 rings (SSSR count). The van der Waals surface area contributed by atoms with Crippen molar-refractivity contribution in [1.29, 1.82) is 0 Å². The zero-order chi connectivity index (χ0) is 14.4. The summed E-state index contributed by atoms with van der Waals surface area (Å²) in [6.07, 6.45) is -0.264. The first-order valence-corrected chi connectivity index (χ1v) is 6.25. The van der Waals surface area contributed by atoms with Crippen LogP contribution < -0.4 is 5.32 Å². The van der Waals surface area contributed by atoms with Gasteiger partial charge in [-0.05, 0) is 24.6 Å². The highest BCUT2D eigenvalue weighted by Crippen LogP contribution is 2.08. The van der Waals surface area contributed by atoms with Gasteiger partial charge in [-0.15, -0.1) is 0 Å². The van der Waals surface area contributed by atoms with Crippen molar-refractivity contribution in [3.8, 4) is 0 Å². The Labute approximate surface area is 112 Å². The number of carbonyl (C=O) groups excluding carboxylic acids is 1. The molecule has 0 saturated carbocycles.